The highest BCUT2D eigenvalue weighted by molar-refractivity contribution is 5.89. The van der Waals surface area contributed by atoms with E-state index >= 15 is 0 Å². The molecule has 4 aliphatic carbocycles. The summed E-state index contributed by atoms with van der Waals surface area (Å²) in [7, 11) is 0. The van der Waals surface area contributed by atoms with Crippen LogP contribution in [0.4, 0.5) is 0 Å². The van der Waals surface area contributed by atoms with Gasteiger partial charge < -0.3 is 14.7 Å². The average Bonchev–Trinajstić information content (AvgIpc) is 3.24. The standard InChI is InChI=1S/C23H37NO3/c1-21-11-5-4-6-15(21)7-8-16-17-9-10-19(23(3)26-12-13-27-23)22(17,2)14-18(24-25)20(16)21/h15-17,19-20,25H,4-14H2,1-3H3/b24-18+. The maximum atomic E-state index is 10.1. The first kappa shape index (κ1) is 18.4. The van der Waals surface area contributed by atoms with Crippen LogP contribution >= 0.6 is 0 Å². The molecule has 0 amide bonds. The predicted molar refractivity (Wildman–Crippen MR) is 105 cm³/mol. The Bertz CT molecular complexity index is 627. The molecule has 0 aromatic heterocycles. The van der Waals surface area contributed by atoms with E-state index < -0.39 is 5.79 Å². The van der Waals surface area contributed by atoms with E-state index in [1.165, 1.54) is 51.4 Å². The van der Waals surface area contributed by atoms with Gasteiger partial charge in [0.25, 0.3) is 0 Å². The quantitative estimate of drug-likeness (QED) is 0.504. The van der Waals surface area contributed by atoms with E-state index in [-0.39, 0.29) is 5.41 Å². The SMILES string of the molecule is CC1(C2CCC3C4CCC5CCCCC5(C)C4/C(=N/O)CC32C)OCCO1. The number of ether oxygens (including phenoxy) is 2. The molecule has 7 unspecified atom stereocenters. The second kappa shape index (κ2) is 6.19. The number of hydrogen-bond acceptors (Lipinski definition) is 4. The maximum Gasteiger partial charge on any atom is 0.169 e. The molecule has 1 N–H and O–H groups in total. The first-order chi connectivity index (χ1) is 12.9. The van der Waals surface area contributed by atoms with E-state index in [4.69, 9.17) is 9.47 Å². The molecule has 0 aromatic rings. The summed E-state index contributed by atoms with van der Waals surface area (Å²) in [5.74, 6) is 2.63. The molecule has 1 saturated heterocycles. The van der Waals surface area contributed by atoms with Crippen molar-refractivity contribution >= 4 is 5.71 Å². The van der Waals surface area contributed by atoms with Crippen LogP contribution in [0, 0.1) is 40.4 Å². The molecule has 4 nitrogen and oxygen atoms in total. The van der Waals surface area contributed by atoms with Gasteiger partial charge in [-0.25, -0.2) is 0 Å². The molecule has 7 atom stereocenters. The zero-order valence-electron chi connectivity index (χ0n) is 17.4. The Morgan fingerprint density at radius 1 is 0.926 bits per heavy atom. The van der Waals surface area contributed by atoms with Crippen molar-refractivity contribution in [2.24, 2.45) is 45.6 Å². The van der Waals surface area contributed by atoms with Gasteiger partial charge in [-0.15, -0.1) is 0 Å². The van der Waals surface area contributed by atoms with Crippen LogP contribution in [0.2, 0.25) is 0 Å². The Hall–Kier alpha value is -0.610. The number of hydrogen-bond donors (Lipinski definition) is 1. The molecule has 0 aromatic carbocycles. The number of fused-ring (bicyclic) bond motifs is 5. The van der Waals surface area contributed by atoms with Crippen molar-refractivity contribution in [1.82, 2.24) is 0 Å². The molecule has 0 spiro atoms. The van der Waals surface area contributed by atoms with Crippen LogP contribution in [-0.2, 0) is 9.47 Å². The van der Waals surface area contributed by atoms with E-state index in [0.29, 0.717) is 42.3 Å². The molecule has 1 heterocycles. The van der Waals surface area contributed by atoms with E-state index in [1.807, 2.05) is 0 Å². The van der Waals surface area contributed by atoms with Crippen LogP contribution in [0.15, 0.2) is 5.16 Å². The summed E-state index contributed by atoms with van der Waals surface area (Å²) in [6, 6.07) is 0. The molecule has 4 heteroatoms. The van der Waals surface area contributed by atoms with Gasteiger partial charge in [-0.3, -0.25) is 0 Å². The number of oxime groups is 1. The van der Waals surface area contributed by atoms with Gasteiger partial charge in [-0.05, 0) is 80.5 Å². The molecule has 152 valence electrons. The third-order valence-corrected chi connectivity index (χ3v) is 9.91. The molecule has 0 radical (unpaired) electrons. The molecule has 1 aliphatic heterocycles. The second-order valence-corrected chi connectivity index (χ2v) is 10.9. The zero-order valence-corrected chi connectivity index (χ0v) is 17.4. The Labute approximate surface area is 164 Å². The lowest BCUT2D eigenvalue weighted by Gasteiger charge is -2.60. The van der Waals surface area contributed by atoms with Crippen LogP contribution in [0.1, 0.15) is 78.6 Å². The molecule has 27 heavy (non-hydrogen) atoms. The Morgan fingerprint density at radius 2 is 1.70 bits per heavy atom. The van der Waals surface area contributed by atoms with Gasteiger partial charge in [0.2, 0.25) is 0 Å². The topological polar surface area (TPSA) is 51.1 Å². The largest absolute Gasteiger partial charge is 0.411 e. The lowest BCUT2D eigenvalue weighted by atomic mass is 9.44. The lowest BCUT2D eigenvalue weighted by Crippen LogP contribution is -2.58. The van der Waals surface area contributed by atoms with Crippen molar-refractivity contribution in [2.45, 2.75) is 84.3 Å². The van der Waals surface area contributed by atoms with Crippen LogP contribution in [0.3, 0.4) is 0 Å². The molecular formula is C23H37NO3. The van der Waals surface area contributed by atoms with E-state index in [0.717, 1.165) is 18.1 Å². The van der Waals surface area contributed by atoms with Gasteiger partial charge in [-0.2, -0.15) is 0 Å². The highest BCUT2D eigenvalue weighted by atomic mass is 16.7. The average molecular weight is 376 g/mol. The molecular weight excluding hydrogens is 338 g/mol. The van der Waals surface area contributed by atoms with Gasteiger partial charge >= 0.3 is 0 Å². The van der Waals surface area contributed by atoms with Crippen molar-refractivity contribution in [3.63, 3.8) is 0 Å². The van der Waals surface area contributed by atoms with Crippen molar-refractivity contribution in [3.05, 3.63) is 0 Å². The summed E-state index contributed by atoms with van der Waals surface area (Å²) in [6.45, 7) is 8.54. The summed E-state index contributed by atoms with van der Waals surface area (Å²) in [5, 5.41) is 14.1. The van der Waals surface area contributed by atoms with Crippen LogP contribution in [0.5, 0.6) is 0 Å². The lowest BCUT2D eigenvalue weighted by molar-refractivity contribution is -0.209. The summed E-state index contributed by atoms with van der Waals surface area (Å²) in [6.07, 6.45) is 11.5. The molecule has 4 saturated carbocycles. The van der Waals surface area contributed by atoms with Crippen LogP contribution in [0.25, 0.3) is 0 Å². The zero-order chi connectivity index (χ0) is 18.9. The Kier molecular flexibility index (Phi) is 4.22. The van der Waals surface area contributed by atoms with Gasteiger partial charge in [0.05, 0.1) is 18.9 Å². The highest BCUT2D eigenvalue weighted by Gasteiger charge is 2.65. The minimum Gasteiger partial charge on any atom is -0.411 e. The predicted octanol–water partition coefficient (Wildman–Crippen LogP) is 5.24. The maximum absolute atomic E-state index is 10.1. The molecule has 5 aliphatic rings. The monoisotopic (exact) mass is 375 g/mol. The molecule has 0 bridgehead atoms. The van der Waals surface area contributed by atoms with Gasteiger partial charge in [0.15, 0.2) is 5.79 Å². The fraction of sp³-hybridized carbons (Fsp3) is 0.957. The van der Waals surface area contributed by atoms with E-state index in [1.54, 1.807) is 0 Å². The van der Waals surface area contributed by atoms with Crippen molar-refractivity contribution in [3.8, 4) is 0 Å². The van der Waals surface area contributed by atoms with Crippen LogP contribution < -0.4 is 0 Å². The minimum absolute atomic E-state index is 0.125. The first-order valence-electron chi connectivity index (χ1n) is 11.4. The van der Waals surface area contributed by atoms with E-state index in [9.17, 15) is 5.21 Å². The summed E-state index contributed by atoms with van der Waals surface area (Å²) in [5.41, 5.74) is 1.56. The summed E-state index contributed by atoms with van der Waals surface area (Å²) in [4.78, 5) is 0. The Morgan fingerprint density at radius 3 is 2.44 bits per heavy atom. The van der Waals surface area contributed by atoms with Crippen LogP contribution in [-0.4, -0.2) is 29.9 Å². The summed E-state index contributed by atoms with van der Waals surface area (Å²) < 4.78 is 12.2. The minimum atomic E-state index is -0.456. The third-order valence-electron chi connectivity index (χ3n) is 9.91. The number of nitrogens with zero attached hydrogens (tertiary/aromatic N) is 1. The second-order valence-electron chi connectivity index (χ2n) is 10.9. The van der Waals surface area contributed by atoms with E-state index in [2.05, 4.69) is 25.9 Å². The Balaban J connectivity index is 1.52. The highest BCUT2D eigenvalue weighted by Crippen LogP contribution is 2.68. The fourth-order valence-electron chi connectivity index (χ4n) is 8.84. The smallest absolute Gasteiger partial charge is 0.169 e. The fourth-order valence-corrected chi connectivity index (χ4v) is 8.84. The summed E-state index contributed by atoms with van der Waals surface area (Å²) >= 11 is 0. The molecule has 5 fully saturated rings. The third kappa shape index (κ3) is 2.44. The van der Waals surface area contributed by atoms with Crippen molar-refractivity contribution in [2.75, 3.05) is 13.2 Å². The van der Waals surface area contributed by atoms with Gasteiger partial charge in [0, 0.05) is 11.8 Å². The molecule has 5 rings (SSSR count). The van der Waals surface area contributed by atoms with Gasteiger partial charge in [-0.1, -0.05) is 31.8 Å². The van der Waals surface area contributed by atoms with Gasteiger partial charge in [0.1, 0.15) is 0 Å². The van der Waals surface area contributed by atoms with Crippen molar-refractivity contribution in [1.29, 1.82) is 0 Å². The normalized spacial score (nSPS) is 53.0. The number of rotatable bonds is 1. The van der Waals surface area contributed by atoms with Crippen molar-refractivity contribution < 1.29 is 14.7 Å². The first-order valence-corrected chi connectivity index (χ1v) is 11.4.